The van der Waals surface area contributed by atoms with Gasteiger partial charge in [0.1, 0.15) is 0 Å². The third-order valence-corrected chi connectivity index (χ3v) is 25.3. The maximum atomic E-state index is 4.73. The quantitative estimate of drug-likeness (QED) is 0.357. The van der Waals surface area contributed by atoms with Crippen molar-refractivity contribution in [1.82, 2.24) is 7.36 Å². The Labute approximate surface area is 141 Å². The SMILES string of the molecule is CCC[CH2][Pb]([CH2]CCC)([CH2]CCC)[n]1cnc2ccccc21. The molecule has 2 rings (SSSR count). The van der Waals surface area contributed by atoms with Crippen molar-refractivity contribution in [2.24, 2.45) is 0 Å². The van der Waals surface area contributed by atoms with Crippen molar-refractivity contribution in [2.45, 2.75) is 71.2 Å². The molecule has 0 unspecified atom stereocenters. The average molecular weight is 496 g/mol. The molecule has 0 N–H and O–H groups in total. The van der Waals surface area contributed by atoms with Crippen LogP contribution < -0.4 is 0 Å². The van der Waals surface area contributed by atoms with Gasteiger partial charge in [0.2, 0.25) is 0 Å². The Balaban J connectivity index is 2.42. The van der Waals surface area contributed by atoms with Crippen molar-refractivity contribution in [3.8, 4) is 0 Å². The van der Waals surface area contributed by atoms with Crippen molar-refractivity contribution in [3.63, 3.8) is 0 Å². The van der Waals surface area contributed by atoms with Gasteiger partial charge >= 0.3 is 142 Å². The van der Waals surface area contributed by atoms with E-state index in [1.807, 2.05) is 0 Å². The molecular formula is C19H32N2Pb. The van der Waals surface area contributed by atoms with Crippen molar-refractivity contribution >= 4 is 32.5 Å². The number of imidazole rings is 1. The van der Waals surface area contributed by atoms with Crippen LogP contribution in [0.5, 0.6) is 0 Å². The van der Waals surface area contributed by atoms with Crippen LogP contribution in [0, 0.1) is 0 Å². The molecule has 1 aromatic heterocycles. The van der Waals surface area contributed by atoms with Gasteiger partial charge in [-0.05, 0) is 0 Å². The first-order chi connectivity index (χ1) is 10.8. The van der Waals surface area contributed by atoms with E-state index in [0.717, 1.165) is 0 Å². The van der Waals surface area contributed by atoms with Crippen molar-refractivity contribution < 1.29 is 0 Å². The fraction of sp³-hybridized carbons (Fsp3) is 0.632. The third-order valence-electron chi connectivity index (χ3n) is 4.95. The summed E-state index contributed by atoms with van der Waals surface area (Å²) in [7, 11) is 0. The van der Waals surface area contributed by atoms with Crippen molar-refractivity contribution in [1.29, 1.82) is 0 Å². The maximum absolute atomic E-state index is 4.73. The van der Waals surface area contributed by atoms with E-state index in [9.17, 15) is 0 Å². The number of unbranched alkanes of at least 4 members (excludes halogenated alkanes) is 3. The van der Waals surface area contributed by atoms with Crippen molar-refractivity contribution in [3.05, 3.63) is 30.6 Å². The molecule has 0 saturated carbocycles. The zero-order valence-corrected chi connectivity index (χ0v) is 18.5. The van der Waals surface area contributed by atoms with Crippen LogP contribution in [-0.4, -0.2) is 28.8 Å². The summed E-state index contributed by atoms with van der Waals surface area (Å²) in [5, 5.41) is 0. The van der Waals surface area contributed by atoms with E-state index in [1.54, 1.807) is 0 Å². The average Bonchev–Trinajstić information content (AvgIpc) is 2.99. The van der Waals surface area contributed by atoms with Gasteiger partial charge in [-0.25, -0.2) is 0 Å². The molecule has 1 aromatic carbocycles. The molecule has 0 saturated heterocycles. The van der Waals surface area contributed by atoms with E-state index in [1.165, 1.54) is 61.5 Å². The first-order valence-corrected chi connectivity index (χ1v) is 19.2. The Morgan fingerprint density at radius 3 is 1.95 bits per heavy atom. The van der Waals surface area contributed by atoms with E-state index in [-0.39, 0.29) is 0 Å². The Morgan fingerprint density at radius 1 is 0.864 bits per heavy atom. The molecule has 0 aliphatic carbocycles. The molecule has 0 spiro atoms. The zero-order chi connectivity index (χ0) is 15.8. The van der Waals surface area contributed by atoms with Crippen LogP contribution in [0.4, 0.5) is 0 Å². The number of fused-ring (bicyclic) bond motifs is 1. The molecule has 2 aromatic rings. The first-order valence-electron chi connectivity index (χ1n) is 9.20. The molecule has 0 bridgehead atoms. The van der Waals surface area contributed by atoms with Crippen molar-refractivity contribution in [2.75, 3.05) is 0 Å². The van der Waals surface area contributed by atoms with Gasteiger partial charge < -0.3 is 0 Å². The minimum absolute atomic E-state index is 1.19. The van der Waals surface area contributed by atoms with Crippen LogP contribution in [-0.2, 0) is 0 Å². The van der Waals surface area contributed by atoms with Gasteiger partial charge in [-0.2, -0.15) is 0 Å². The number of hydrogen-bond donors (Lipinski definition) is 0. The predicted molar refractivity (Wildman–Crippen MR) is 100 cm³/mol. The van der Waals surface area contributed by atoms with Gasteiger partial charge in [0.15, 0.2) is 0 Å². The molecule has 122 valence electrons. The van der Waals surface area contributed by atoms with Crippen LogP contribution in [0.25, 0.3) is 11.0 Å². The fourth-order valence-electron chi connectivity index (χ4n) is 3.59. The zero-order valence-electron chi connectivity index (χ0n) is 14.6. The molecule has 0 atom stereocenters. The van der Waals surface area contributed by atoms with Gasteiger partial charge in [0.25, 0.3) is 0 Å². The van der Waals surface area contributed by atoms with E-state index in [0.29, 0.717) is 0 Å². The molecule has 22 heavy (non-hydrogen) atoms. The topological polar surface area (TPSA) is 17.8 Å². The molecule has 1 heterocycles. The van der Waals surface area contributed by atoms with E-state index in [4.69, 9.17) is 4.98 Å². The Kier molecular flexibility index (Phi) is 7.38. The standard InChI is InChI=1S/C7H5N2.3C4H9.Pb/c1-2-4-7-6(3-1)8-5-9-7;3*1-3-4-2;/h1-5H;3*1,3-4H2,2H3;/q-1;;;;+1. The second-order valence-corrected chi connectivity index (χ2v) is 23.9. The number of aromatic nitrogens is 2. The normalized spacial score (nSPS) is 12.1. The van der Waals surface area contributed by atoms with Gasteiger partial charge in [0.05, 0.1) is 0 Å². The van der Waals surface area contributed by atoms with Gasteiger partial charge in [0, 0.05) is 0 Å². The number of rotatable bonds is 10. The summed E-state index contributed by atoms with van der Waals surface area (Å²) in [5.41, 5.74) is 2.60. The number of hydrogen-bond acceptors (Lipinski definition) is 1. The minimum atomic E-state index is -2.55. The fourth-order valence-corrected chi connectivity index (χ4v) is 25.0. The van der Waals surface area contributed by atoms with Crippen LogP contribution >= 0.6 is 0 Å². The van der Waals surface area contributed by atoms with Crippen LogP contribution in [0.2, 0.25) is 11.9 Å². The molecular weight excluding hydrogens is 463 g/mol. The van der Waals surface area contributed by atoms with E-state index < -0.39 is 21.5 Å². The summed E-state index contributed by atoms with van der Waals surface area (Å²) >= 11 is -2.55. The molecule has 0 aliphatic heterocycles. The number of para-hydroxylation sites is 2. The molecule has 2 nitrogen and oxygen atoms in total. The summed E-state index contributed by atoms with van der Waals surface area (Å²) < 4.78 is 7.25. The Morgan fingerprint density at radius 2 is 1.41 bits per heavy atom. The third kappa shape index (κ3) is 4.12. The molecule has 3 heteroatoms. The molecule has 0 aliphatic rings. The summed E-state index contributed by atoms with van der Waals surface area (Å²) in [5.74, 6) is 0. The second-order valence-electron chi connectivity index (χ2n) is 6.64. The van der Waals surface area contributed by atoms with E-state index >= 15 is 0 Å². The summed E-state index contributed by atoms with van der Waals surface area (Å²) in [6, 6.07) is 8.76. The molecule has 0 radical (unpaired) electrons. The summed E-state index contributed by atoms with van der Waals surface area (Å²) in [4.78, 5) is 4.73. The van der Waals surface area contributed by atoms with Gasteiger partial charge in [-0.3, -0.25) is 0 Å². The Hall–Kier alpha value is -0.388. The monoisotopic (exact) mass is 496 g/mol. The van der Waals surface area contributed by atoms with E-state index in [2.05, 4.69) is 53.7 Å². The van der Waals surface area contributed by atoms with Crippen LogP contribution in [0.1, 0.15) is 59.3 Å². The van der Waals surface area contributed by atoms with Gasteiger partial charge in [-0.15, -0.1) is 0 Å². The number of benzene rings is 1. The Bertz CT molecular complexity index is 540. The molecule has 0 amide bonds. The number of nitrogens with zero attached hydrogens (tertiary/aromatic N) is 2. The first kappa shape index (κ1) is 18.0. The predicted octanol–water partition coefficient (Wildman–Crippen LogP) is 6.23. The molecule has 0 fully saturated rings. The van der Waals surface area contributed by atoms with Gasteiger partial charge in [-0.1, -0.05) is 0 Å². The van der Waals surface area contributed by atoms with Crippen LogP contribution in [0.3, 0.4) is 0 Å². The summed E-state index contributed by atoms with van der Waals surface area (Å²) in [6.07, 6.45) is 10.4. The summed E-state index contributed by atoms with van der Waals surface area (Å²) in [6.45, 7) is 7.01. The second kappa shape index (κ2) is 9.04. The van der Waals surface area contributed by atoms with Crippen LogP contribution in [0.15, 0.2) is 30.6 Å².